The molecular weight excluding hydrogens is 328 g/mol. The number of nitrogens with one attached hydrogen (secondary N) is 1. The lowest BCUT2D eigenvalue weighted by Crippen LogP contribution is -2.46. The number of nitrogens with two attached hydrogens (primary N) is 1. The van der Waals surface area contributed by atoms with Gasteiger partial charge in [0, 0.05) is 32.2 Å². The van der Waals surface area contributed by atoms with Gasteiger partial charge in [-0.3, -0.25) is 4.79 Å². The number of rotatable bonds is 5. The second-order valence-corrected chi connectivity index (χ2v) is 6.54. The highest BCUT2D eigenvalue weighted by Gasteiger charge is 2.24. The summed E-state index contributed by atoms with van der Waals surface area (Å²) in [5.41, 5.74) is 6.65. The standard InChI is InChI=1S/C17H27ClN4O2/c1-4-22-7-6-21(3)10-12(11-22)20-17(23)13-8-14(18)15(19)9-16(13)24-5-2/h8-9,12H,4-7,10-11,19H2,1-3H3,(H,20,23). The molecule has 1 aliphatic rings. The second-order valence-electron chi connectivity index (χ2n) is 6.13. The normalized spacial score (nSPS) is 19.8. The summed E-state index contributed by atoms with van der Waals surface area (Å²) in [7, 11) is 2.07. The number of amides is 1. The maximum absolute atomic E-state index is 12.8. The predicted octanol–water partition coefficient (Wildman–Crippen LogP) is 1.69. The maximum Gasteiger partial charge on any atom is 0.255 e. The molecular formula is C17H27ClN4O2. The number of nitrogen functional groups attached to an aromatic ring is 1. The summed E-state index contributed by atoms with van der Waals surface area (Å²) in [6, 6.07) is 3.24. The minimum Gasteiger partial charge on any atom is -0.493 e. The number of benzene rings is 1. The summed E-state index contributed by atoms with van der Waals surface area (Å²) in [4.78, 5) is 17.3. The van der Waals surface area contributed by atoms with Crippen LogP contribution in [-0.4, -0.2) is 68.1 Å². The third-order valence-electron chi connectivity index (χ3n) is 4.23. The molecule has 0 radical (unpaired) electrons. The molecule has 0 spiro atoms. The van der Waals surface area contributed by atoms with E-state index in [0.717, 1.165) is 32.7 Å². The Hall–Kier alpha value is -1.50. The van der Waals surface area contributed by atoms with Gasteiger partial charge in [0.05, 0.1) is 28.9 Å². The largest absolute Gasteiger partial charge is 0.493 e. The first kappa shape index (κ1) is 18.8. The summed E-state index contributed by atoms with van der Waals surface area (Å²) >= 11 is 6.09. The van der Waals surface area contributed by atoms with Gasteiger partial charge in [-0.2, -0.15) is 0 Å². The van der Waals surface area contributed by atoms with E-state index in [0.29, 0.717) is 28.6 Å². The Morgan fingerprint density at radius 3 is 2.79 bits per heavy atom. The second kappa shape index (κ2) is 8.55. The molecule has 1 heterocycles. The van der Waals surface area contributed by atoms with E-state index in [9.17, 15) is 4.79 Å². The molecule has 134 valence electrons. The monoisotopic (exact) mass is 354 g/mol. The van der Waals surface area contributed by atoms with E-state index in [-0.39, 0.29) is 11.9 Å². The van der Waals surface area contributed by atoms with E-state index in [2.05, 4.69) is 29.1 Å². The molecule has 0 bridgehead atoms. The van der Waals surface area contributed by atoms with Gasteiger partial charge >= 0.3 is 0 Å². The zero-order valence-corrected chi connectivity index (χ0v) is 15.4. The molecule has 2 rings (SSSR count). The third-order valence-corrected chi connectivity index (χ3v) is 4.56. The van der Waals surface area contributed by atoms with Gasteiger partial charge in [-0.1, -0.05) is 18.5 Å². The van der Waals surface area contributed by atoms with E-state index in [1.165, 1.54) is 0 Å². The van der Waals surface area contributed by atoms with Crippen molar-refractivity contribution >= 4 is 23.2 Å². The van der Waals surface area contributed by atoms with Gasteiger partial charge in [-0.15, -0.1) is 0 Å². The molecule has 1 aliphatic heterocycles. The van der Waals surface area contributed by atoms with Crippen LogP contribution in [0.25, 0.3) is 0 Å². The van der Waals surface area contributed by atoms with Crippen molar-refractivity contribution in [3.8, 4) is 5.75 Å². The van der Waals surface area contributed by atoms with Gasteiger partial charge in [-0.25, -0.2) is 0 Å². The molecule has 24 heavy (non-hydrogen) atoms. The first-order chi connectivity index (χ1) is 11.4. The average Bonchev–Trinajstić information content (AvgIpc) is 2.71. The van der Waals surface area contributed by atoms with Crippen molar-refractivity contribution in [3.63, 3.8) is 0 Å². The highest BCUT2D eigenvalue weighted by atomic mass is 35.5. The van der Waals surface area contributed by atoms with Crippen LogP contribution in [0.4, 0.5) is 5.69 Å². The van der Waals surface area contributed by atoms with Crippen molar-refractivity contribution in [1.29, 1.82) is 0 Å². The van der Waals surface area contributed by atoms with Gasteiger partial charge < -0.3 is 25.6 Å². The van der Waals surface area contributed by atoms with Crippen LogP contribution in [0.3, 0.4) is 0 Å². The highest BCUT2D eigenvalue weighted by Crippen LogP contribution is 2.29. The summed E-state index contributed by atoms with van der Waals surface area (Å²) in [5, 5.41) is 3.47. The van der Waals surface area contributed by atoms with E-state index < -0.39 is 0 Å². The number of anilines is 1. The van der Waals surface area contributed by atoms with E-state index in [1.54, 1.807) is 12.1 Å². The van der Waals surface area contributed by atoms with Gasteiger partial charge in [0.15, 0.2) is 0 Å². The minimum absolute atomic E-state index is 0.0516. The number of hydrogen-bond donors (Lipinski definition) is 2. The zero-order valence-electron chi connectivity index (χ0n) is 14.6. The fourth-order valence-electron chi connectivity index (χ4n) is 2.90. The van der Waals surface area contributed by atoms with Crippen LogP contribution < -0.4 is 15.8 Å². The number of hydrogen-bond acceptors (Lipinski definition) is 5. The Balaban J connectivity index is 2.17. The fraction of sp³-hybridized carbons (Fsp3) is 0.588. The van der Waals surface area contributed by atoms with Crippen LogP contribution in [0, 0.1) is 0 Å². The molecule has 1 saturated heterocycles. The Kier molecular flexibility index (Phi) is 6.71. The third kappa shape index (κ3) is 4.75. The lowest BCUT2D eigenvalue weighted by atomic mass is 10.1. The molecule has 0 aliphatic carbocycles. The Morgan fingerprint density at radius 1 is 1.38 bits per heavy atom. The van der Waals surface area contributed by atoms with Crippen LogP contribution >= 0.6 is 11.6 Å². The van der Waals surface area contributed by atoms with Crippen LogP contribution in [0.2, 0.25) is 5.02 Å². The topological polar surface area (TPSA) is 70.8 Å². The highest BCUT2D eigenvalue weighted by molar-refractivity contribution is 6.33. The van der Waals surface area contributed by atoms with Crippen LogP contribution in [0.15, 0.2) is 12.1 Å². The van der Waals surface area contributed by atoms with Gasteiger partial charge in [0.1, 0.15) is 5.75 Å². The fourth-order valence-corrected chi connectivity index (χ4v) is 3.07. The smallest absolute Gasteiger partial charge is 0.255 e. The Bertz CT molecular complexity index is 582. The van der Waals surface area contributed by atoms with Gasteiger partial charge in [0.2, 0.25) is 0 Å². The van der Waals surface area contributed by atoms with E-state index >= 15 is 0 Å². The Labute approximate surface area is 148 Å². The molecule has 0 aromatic heterocycles. The summed E-state index contributed by atoms with van der Waals surface area (Å²) in [6.45, 7) is 9.09. The summed E-state index contributed by atoms with van der Waals surface area (Å²) in [6.07, 6.45) is 0. The number of carbonyl (C=O) groups is 1. The molecule has 1 atom stereocenters. The van der Waals surface area contributed by atoms with E-state index in [4.69, 9.17) is 22.1 Å². The molecule has 7 heteroatoms. The number of nitrogens with zero attached hydrogens (tertiary/aromatic N) is 2. The molecule has 3 N–H and O–H groups in total. The van der Waals surface area contributed by atoms with Crippen molar-refractivity contribution in [3.05, 3.63) is 22.7 Å². The predicted molar refractivity (Wildman–Crippen MR) is 97.9 cm³/mol. The number of carbonyl (C=O) groups excluding carboxylic acids is 1. The lowest BCUT2D eigenvalue weighted by Gasteiger charge is -2.24. The van der Waals surface area contributed by atoms with Crippen LogP contribution in [0.5, 0.6) is 5.75 Å². The number of halogens is 1. The molecule has 1 unspecified atom stereocenters. The quantitative estimate of drug-likeness (QED) is 0.787. The molecule has 6 nitrogen and oxygen atoms in total. The minimum atomic E-state index is -0.184. The van der Waals surface area contributed by atoms with Gasteiger partial charge in [-0.05, 0) is 26.6 Å². The van der Waals surface area contributed by atoms with Crippen molar-refractivity contribution in [2.45, 2.75) is 19.9 Å². The summed E-state index contributed by atoms with van der Waals surface area (Å²) < 4.78 is 5.55. The van der Waals surface area contributed by atoms with Crippen molar-refractivity contribution in [1.82, 2.24) is 15.1 Å². The SMILES string of the molecule is CCOc1cc(N)c(Cl)cc1C(=O)NC1CN(C)CCN(CC)C1. The molecule has 0 saturated carbocycles. The van der Waals surface area contributed by atoms with Crippen LogP contribution in [0.1, 0.15) is 24.2 Å². The number of ether oxygens (including phenoxy) is 1. The van der Waals surface area contributed by atoms with Crippen LogP contribution in [-0.2, 0) is 0 Å². The zero-order chi connectivity index (χ0) is 17.7. The van der Waals surface area contributed by atoms with Gasteiger partial charge in [0.25, 0.3) is 5.91 Å². The van der Waals surface area contributed by atoms with E-state index in [1.807, 2.05) is 6.92 Å². The summed E-state index contributed by atoms with van der Waals surface area (Å²) in [5.74, 6) is 0.280. The first-order valence-corrected chi connectivity index (χ1v) is 8.75. The molecule has 1 amide bonds. The van der Waals surface area contributed by atoms with Crippen molar-refractivity contribution in [2.24, 2.45) is 0 Å². The van der Waals surface area contributed by atoms with Crippen molar-refractivity contribution in [2.75, 3.05) is 52.1 Å². The lowest BCUT2D eigenvalue weighted by molar-refractivity contribution is 0.0921. The maximum atomic E-state index is 12.8. The molecule has 1 fully saturated rings. The first-order valence-electron chi connectivity index (χ1n) is 8.38. The average molecular weight is 355 g/mol. The Morgan fingerprint density at radius 2 is 2.12 bits per heavy atom. The molecule has 1 aromatic carbocycles. The van der Waals surface area contributed by atoms with Crippen molar-refractivity contribution < 1.29 is 9.53 Å². The number of likely N-dealkylation sites (N-methyl/N-ethyl adjacent to an activating group) is 2. The molecule has 1 aromatic rings.